The van der Waals surface area contributed by atoms with Crippen molar-refractivity contribution < 1.29 is 28.5 Å². The zero-order valence-corrected chi connectivity index (χ0v) is 15.9. The molecule has 8 nitrogen and oxygen atoms in total. The van der Waals surface area contributed by atoms with Crippen LogP contribution in [-0.2, 0) is 9.59 Å². The molecule has 146 valence electrons. The van der Waals surface area contributed by atoms with Crippen molar-refractivity contribution in [3.8, 4) is 23.0 Å². The van der Waals surface area contributed by atoms with Gasteiger partial charge in [0.25, 0.3) is 11.8 Å². The summed E-state index contributed by atoms with van der Waals surface area (Å²) in [5.74, 6) is 0.914. The molecule has 2 aromatic carbocycles. The molecule has 0 saturated heterocycles. The van der Waals surface area contributed by atoms with Gasteiger partial charge in [-0.2, -0.15) is 0 Å². The zero-order valence-electron chi connectivity index (χ0n) is 15.9. The van der Waals surface area contributed by atoms with Gasteiger partial charge in [-0.1, -0.05) is 0 Å². The van der Waals surface area contributed by atoms with Crippen molar-refractivity contribution in [1.29, 1.82) is 0 Å². The van der Waals surface area contributed by atoms with Crippen LogP contribution < -0.4 is 29.2 Å². The number of nitrogens with one attached hydrogen (secondary N) is 1. The minimum Gasteiger partial charge on any atom is -0.497 e. The van der Waals surface area contributed by atoms with Gasteiger partial charge in [-0.25, -0.2) is 4.90 Å². The highest BCUT2D eigenvalue weighted by Crippen LogP contribution is 2.36. The second kappa shape index (κ2) is 7.91. The van der Waals surface area contributed by atoms with Gasteiger partial charge in [0.1, 0.15) is 28.7 Å². The molecule has 0 saturated carbocycles. The molecule has 0 spiro atoms. The fraction of sp³-hybridized carbons (Fsp3) is 0.200. The number of hydrogen-bond donors (Lipinski definition) is 1. The Hall–Kier alpha value is -3.68. The molecule has 2 amide bonds. The standard InChI is InChI=1S/C20H20N2O6/c1-25-12-5-7-17(27-3)14(9-12)21-15-11-19(23)22(20(15)24)16-10-13(26-2)6-8-18(16)28-4/h5-11,21H,1-4H3. The molecule has 2 aromatic rings. The number of benzene rings is 2. The van der Waals surface area contributed by atoms with Crippen LogP contribution in [-0.4, -0.2) is 40.3 Å². The second-order valence-corrected chi connectivity index (χ2v) is 5.77. The maximum atomic E-state index is 12.9. The van der Waals surface area contributed by atoms with Crippen LogP contribution in [0.15, 0.2) is 48.2 Å². The quantitative estimate of drug-likeness (QED) is 0.734. The third-order valence-electron chi connectivity index (χ3n) is 4.22. The highest BCUT2D eigenvalue weighted by atomic mass is 16.5. The predicted molar refractivity (Wildman–Crippen MR) is 103 cm³/mol. The average molecular weight is 384 g/mol. The Morgan fingerprint density at radius 3 is 2.00 bits per heavy atom. The molecule has 0 bridgehead atoms. The van der Waals surface area contributed by atoms with Crippen LogP contribution in [0.25, 0.3) is 0 Å². The summed E-state index contributed by atoms with van der Waals surface area (Å²) in [7, 11) is 6.01. The molecule has 1 aliphatic heterocycles. The van der Waals surface area contributed by atoms with Crippen molar-refractivity contribution in [3.63, 3.8) is 0 Å². The van der Waals surface area contributed by atoms with Crippen LogP contribution in [0, 0.1) is 0 Å². The number of carbonyl (C=O) groups excluding carboxylic acids is 2. The van der Waals surface area contributed by atoms with Crippen LogP contribution in [0.2, 0.25) is 0 Å². The number of carbonyl (C=O) groups is 2. The van der Waals surface area contributed by atoms with Gasteiger partial charge < -0.3 is 24.3 Å². The molecule has 1 heterocycles. The largest absolute Gasteiger partial charge is 0.497 e. The lowest BCUT2D eigenvalue weighted by Crippen LogP contribution is -2.32. The van der Waals surface area contributed by atoms with Gasteiger partial charge in [-0.3, -0.25) is 9.59 Å². The summed E-state index contributed by atoms with van der Waals surface area (Å²) in [5, 5.41) is 2.95. The van der Waals surface area contributed by atoms with Gasteiger partial charge in [0.15, 0.2) is 0 Å². The maximum absolute atomic E-state index is 12.9. The molecule has 0 aliphatic carbocycles. The van der Waals surface area contributed by atoms with Gasteiger partial charge in [0.05, 0.1) is 39.8 Å². The van der Waals surface area contributed by atoms with Gasteiger partial charge in [-0.15, -0.1) is 0 Å². The second-order valence-electron chi connectivity index (χ2n) is 5.77. The zero-order chi connectivity index (χ0) is 20.3. The van der Waals surface area contributed by atoms with Crippen molar-refractivity contribution in [2.45, 2.75) is 0 Å². The van der Waals surface area contributed by atoms with Crippen molar-refractivity contribution in [2.24, 2.45) is 0 Å². The molecule has 0 radical (unpaired) electrons. The van der Waals surface area contributed by atoms with Crippen LogP contribution >= 0.6 is 0 Å². The monoisotopic (exact) mass is 384 g/mol. The first-order valence-corrected chi connectivity index (χ1v) is 8.33. The van der Waals surface area contributed by atoms with E-state index in [1.54, 1.807) is 36.4 Å². The molecular formula is C20H20N2O6. The van der Waals surface area contributed by atoms with Crippen molar-refractivity contribution in [2.75, 3.05) is 38.7 Å². The van der Waals surface area contributed by atoms with E-state index < -0.39 is 11.8 Å². The number of methoxy groups -OCH3 is 4. The fourth-order valence-electron chi connectivity index (χ4n) is 2.82. The third kappa shape index (κ3) is 3.44. The number of ether oxygens (including phenoxy) is 4. The van der Waals surface area contributed by atoms with E-state index in [0.717, 1.165) is 4.90 Å². The first kappa shape index (κ1) is 19.1. The molecule has 1 aliphatic rings. The van der Waals surface area contributed by atoms with Gasteiger partial charge in [0.2, 0.25) is 0 Å². The van der Waals surface area contributed by atoms with E-state index in [1.165, 1.54) is 34.5 Å². The van der Waals surface area contributed by atoms with Gasteiger partial charge in [-0.05, 0) is 24.3 Å². The third-order valence-corrected chi connectivity index (χ3v) is 4.22. The van der Waals surface area contributed by atoms with E-state index in [0.29, 0.717) is 34.4 Å². The minimum atomic E-state index is -0.526. The van der Waals surface area contributed by atoms with Gasteiger partial charge in [0, 0.05) is 18.2 Å². The van der Waals surface area contributed by atoms with E-state index in [1.807, 2.05) is 0 Å². The first-order chi connectivity index (χ1) is 13.5. The lowest BCUT2D eigenvalue weighted by atomic mass is 10.2. The Morgan fingerprint density at radius 2 is 1.39 bits per heavy atom. The molecule has 1 N–H and O–H groups in total. The Balaban J connectivity index is 1.94. The Morgan fingerprint density at radius 1 is 0.786 bits per heavy atom. The highest BCUT2D eigenvalue weighted by molar-refractivity contribution is 6.31. The maximum Gasteiger partial charge on any atom is 0.282 e. The lowest BCUT2D eigenvalue weighted by Gasteiger charge is -2.19. The predicted octanol–water partition coefficient (Wildman–Crippen LogP) is 2.59. The molecule has 28 heavy (non-hydrogen) atoms. The molecule has 0 aromatic heterocycles. The number of hydrogen-bond acceptors (Lipinski definition) is 7. The summed E-state index contributed by atoms with van der Waals surface area (Å²) in [6.07, 6.45) is 1.22. The topological polar surface area (TPSA) is 86.3 Å². The summed E-state index contributed by atoms with van der Waals surface area (Å²) in [4.78, 5) is 26.5. The molecule has 0 fully saturated rings. The van der Waals surface area contributed by atoms with Crippen molar-refractivity contribution >= 4 is 23.2 Å². The van der Waals surface area contributed by atoms with Crippen LogP contribution in [0.1, 0.15) is 0 Å². The minimum absolute atomic E-state index is 0.0985. The molecule has 0 unspecified atom stereocenters. The molecule has 3 rings (SSSR count). The fourth-order valence-corrected chi connectivity index (χ4v) is 2.82. The van der Waals surface area contributed by atoms with Crippen molar-refractivity contribution in [3.05, 3.63) is 48.2 Å². The summed E-state index contributed by atoms with van der Waals surface area (Å²) >= 11 is 0. The number of imide groups is 1. The average Bonchev–Trinajstić information content (AvgIpc) is 3.00. The van der Waals surface area contributed by atoms with E-state index in [-0.39, 0.29) is 5.70 Å². The van der Waals surface area contributed by atoms with E-state index in [4.69, 9.17) is 18.9 Å². The summed E-state index contributed by atoms with van der Waals surface area (Å²) in [6, 6.07) is 9.98. The summed E-state index contributed by atoms with van der Waals surface area (Å²) in [5.41, 5.74) is 0.887. The first-order valence-electron chi connectivity index (χ1n) is 8.33. The Bertz CT molecular complexity index is 954. The van der Waals surface area contributed by atoms with Crippen LogP contribution in [0.5, 0.6) is 23.0 Å². The smallest absolute Gasteiger partial charge is 0.282 e. The van der Waals surface area contributed by atoms with E-state index in [9.17, 15) is 9.59 Å². The molecular weight excluding hydrogens is 364 g/mol. The number of anilines is 2. The number of amides is 2. The number of nitrogens with zero attached hydrogens (tertiary/aromatic N) is 1. The van der Waals surface area contributed by atoms with E-state index >= 15 is 0 Å². The van der Waals surface area contributed by atoms with Crippen molar-refractivity contribution in [1.82, 2.24) is 0 Å². The Labute approximate surface area is 162 Å². The van der Waals surface area contributed by atoms with Crippen LogP contribution in [0.3, 0.4) is 0 Å². The van der Waals surface area contributed by atoms with Crippen LogP contribution in [0.4, 0.5) is 11.4 Å². The number of rotatable bonds is 7. The molecule has 8 heteroatoms. The SMILES string of the molecule is COc1ccc(OC)c(NC2=CC(=O)N(c3cc(OC)ccc3OC)C2=O)c1. The van der Waals surface area contributed by atoms with Gasteiger partial charge >= 0.3 is 0 Å². The van der Waals surface area contributed by atoms with E-state index in [2.05, 4.69) is 5.32 Å². The highest BCUT2D eigenvalue weighted by Gasteiger charge is 2.35. The normalized spacial score (nSPS) is 13.3. The lowest BCUT2D eigenvalue weighted by molar-refractivity contribution is -0.120. The summed E-state index contributed by atoms with van der Waals surface area (Å²) in [6.45, 7) is 0. The summed E-state index contributed by atoms with van der Waals surface area (Å²) < 4.78 is 21.0. The molecule has 0 atom stereocenters. The Kier molecular flexibility index (Phi) is 5.39.